The molecule has 0 aromatic carbocycles. The van der Waals surface area contributed by atoms with E-state index in [4.69, 9.17) is 12.2 Å². The van der Waals surface area contributed by atoms with Crippen LogP contribution in [0.5, 0.6) is 0 Å². The number of rotatable bonds is 4. The summed E-state index contributed by atoms with van der Waals surface area (Å²) in [5, 5.41) is 0. The van der Waals surface area contributed by atoms with Crippen LogP contribution in [0.25, 0.3) is 11.2 Å². The first-order chi connectivity index (χ1) is 8.37. The van der Waals surface area contributed by atoms with Crippen LogP contribution in [0.3, 0.4) is 0 Å². The zero-order chi connectivity index (χ0) is 13.3. The van der Waals surface area contributed by atoms with E-state index in [-0.39, 0.29) is 5.75 Å². The normalized spacial score (nSPS) is 12.1. The van der Waals surface area contributed by atoms with E-state index in [9.17, 15) is 8.42 Å². The molecule has 0 saturated heterocycles. The van der Waals surface area contributed by atoms with Crippen molar-refractivity contribution in [3.63, 3.8) is 0 Å². The third-order valence-corrected chi connectivity index (χ3v) is 4.26. The number of hydrogen-bond donors (Lipinski definition) is 1. The summed E-state index contributed by atoms with van der Waals surface area (Å²) in [4.78, 5) is 7.34. The van der Waals surface area contributed by atoms with Crippen LogP contribution in [-0.4, -0.2) is 35.0 Å². The van der Waals surface area contributed by atoms with Crippen molar-refractivity contribution in [3.8, 4) is 0 Å². The third-order valence-electron chi connectivity index (χ3n) is 2.47. The molecule has 2 heterocycles. The summed E-state index contributed by atoms with van der Waals surface area (Å²) in [5.74, 6) is 0.151. The monoisotopic (exact) mass is 349 g/mol. The predicted molar refractivity (Wildman–Crippen MR) is 76.9 cm³/mol. The quantitative estimate of drug-likeness (QED) is 0.860. The van der Waals surface area contributed by atoms with Gasteiger partial charge < -0.3 is 9.55 Å². The zero-order valence-electron chi connectivity index (χ0n) is 9.68. The van der Waals surface area contributed by atoms with Crippen LogP contribution in [0.15, 0.2) is 16.7 Å². The minimum absolute atomic E-state index is 0.151. The molecule has 8 heteroatoms. The summed E-state index contributed by atoms with van der Waals surface area (Å²) in [6.07, 6.45) is 3.45. The van der Waals surface area contributed by atoms with E-state index in [1.165, 1.54) is 6.26 Å². The van der Waals surface area contributed by atoms with Crippen LogP contribution in [-0.2, 0) is 16.4 Å². The van der Waals surface area contributed by atoms with Crippen LogP contribution in [0.2, 0.25) is 0 Å². The molecule has 0 aliphatic rings. The van der Waals surface area contributed by atoms with E-state index in [2.05, 4.69) is 25.9 Å². The van der Waals surface area contributed by atoms with Crippen molar-refractivity contribution >= 4 is 49.1 Å². The second kappa shape index (κ2) is 5.10. The fourth-order valence-corrected chi connectivity index (χ4v) is 2.98. The van der Waals surface area contributed by atoms with Gasteiger partial charge in [0.1, 0.15) is 9.84 Å². The van der Waals surface area contributed by atoms with Crippen LogP contribution in [0, 0.1) is 4.77 Å². The Kier molecular flexibility index (Phi) is 3.88. The Morgan fingerprint density at radius 3 is 2.94 bits per heavy atom. The number of nitrogens with zero attached hydrogens (tertiary/aromatic N) is 2. The maximum absolute atomic E-state index is 11.1. The van der Waals surface area contributed by atoms with Crippen LogP contribution < -0.4 is 0 Å². The molecule has 0 radical (unpaired) electrons. The molecular formula is C10H12BrN3O2S2. The highest BCUT2D eigenvalue weighted by Crippen LogP contribution is 2.17. The molecule has 0 aliphatic carbocycles. The molecule has 5 nitrogen and oxygen atoms in total. The number of hydrogen-bond acceptors (Lipinski definition) is 4. The Morgan fingerprint density at radius 2 is 2.28 bits per heavy atom. The molecule has 2 rings (SSSR count). The van der Waals surface area contributed by atoms with Crippen molar-refractivity contribution in [2.24, 2.45) is 0 Å². The molecule has 0 amide bonds. The van der Waals surface area contributed by atoms with Gasteiger partial charge in [0, 0.05) is 23.5 Å². The van der Waals surface area contributed by atoms with Crippen molar-refractivity contribution in [2.45, 2.75) is 13.0 Å². The SMILES string of the molecule is CS(=O)(=O)CCCn1c(=S)[nH]c2cc(Br)cnc21. The van der Waals surface area contributed by atoms with Crippen molar-refractivity contribution in [1.29, 1.82) is 0 Å². The van der Waals surface area contributed by atoms with Crippen molar-refractivity contribution in [1.82, 2.24) is 14.5 Å². The number of H-pyrrole nitrogens is 1. The molecule has 0 fully saturated rings. The van der Waals surface area contributed by atoms with E-state index < -0.39 is 9.84 Å². The average molecular weight is 350 g/mol. The van der Waals surface area contributed by atoms with Crippen LogP contribution in [0.4, 0.5) is 0 Å². The molecule has 0 spiro atoms. The van der Waals surface area contributed by atoms with Crippen molar-refractivity contribution in [2.75, 3.05) is 12.0 Å². The van der Waals surface area contributed by atoms with Crippen LogP contribution >= 0.6 is 28.1 Å². The second-order valence-corrected chi connectivity index (χ2v) is 7.65. The molecule has 0 bridgehead atoms. The molecule has 0 aliphatic heterocycles. The first-order valence-electron chi connectivity index (χ1n) is 5.28. The standard InChI is InChI=1S/C10H12BrN3O2S2/c1-18(15,16)4-2-3-14-9-8(13-10(14)17)5-7(11)6-12-9/h5-6H,2-4H2,1H3,(H,13,17). The summed E-state index contributed by atoms with van der Waals surface area (Å²) < 4.78 is 25.4. The van der Waals surface area contributed by atoms with Gasteiger partial charge in [0.05, 0.1) is 11.3 Å². The smallest absolute Gasteiger partial charge is 0.179 e. The Morgan fingerprint density at radius 1 is 1.56 bits per heavy atom. The fraction of sp³-hybridized carbons (Fsp3) is 0.400. The molecule has 98 valence electrons. The van der Waals surface area contributed by atoms with E-state index in [1.807, 2.05) is 10.6 Å². The number of nitrogens with one attached hydrogen (secondary N) is 1. The van der Waals surface area contributed by atoms with Gasteiger partial charge in [-0.1, -0.05) is 0 Å². The zero-order valence-corrected chi connectivity index (χ0v) is 12.9. The highest BCUT2D eigenvalue weighted by atomic mass is 79.9. The highest BCUT2D eigenvalue weighted by Gasteiger charge is 2.08. The molecule has 0 unspecified atom stereocenters. The van der Waals surface area contributed by atoms with Gasteiger partial charge in [-0.15, -0.1) is 0 Å². The first-order valence-corrected chi connectivity index (χ1v) is 8.55. The second-order valence-electron chi connectivity index (χ2n) is 4.09. The average Bonchev–Trinajstić information content (AvgIpc) is 2.52. The number of sulfone groups is 1. The van der Waals surface area contributed by atoms with Gasteiger partial charge in [-0.25, -0.2) is 13.4 Å². The fourth-order valence-electron chi connectivity index (χ4n) is 1.71. The maximum atomic E-state index is 11.1. The summed E-state index contributed by atoms with van der Waals surface area (Å²) in [6, 6.07) is 1.89. The van der Waals surface area contributed by atoms with Gasteiger partial charge in [-0.3, -0.25) is 0 Å². The number of aromatic nitrogens is 3. The van der Waals surface area contributed by atoms with E-state index >= 15 is 0 Å². The molecule has 2 aromatic rings. The van der Waals surface area contributed by atoms with E-state index in [0.29, 0.717) is 17.7 Å². The number of imidazole rings is 1. The Balaban J connectivity index is 2.28. The summed E-state index contributed by atoms with van der Waals surface area (Å²) >= 11 is 8.55. The largest absolute Gasteiger partial charge is 0.329 e. The summed E-state index contributed by atoms with van der Waals surface area (Å²) in [7, 11) is -2.94. The highest BCUT2D eigenvalue weighted by molar-refractivity contribution is 9.10. The van der Waals surface area contributed by atoms with E-state index in [0.717, 1.165) is 15.6 Å². The molecule has 2 aromatic heterocycles. The lowest BCUT2D eigenvalue weighted by molar-refractivity contribution is 0.592. The first kappa shape index (κ1) is 13.7. The lowest BCUT2D eigenvalue weighted by Gasteiger charge is -2.03. The number of pyridine rings is 1. The predicted octanol–water partition coefficient (Wildman–Crippen LogP) is 2.29. The van der Waals surface area contributed by atoms with Gasteiger partial charge in [0.2, 0.25) is 0 Å². The maximum Gasteiger partial charge on any atom is 0.179 e. The van der Waals surface area contributed by atoms with Gasteiger partial charge in [0.25, 0.3) is 0 Å². The van der Waals surface area contributed by atoms with E-state index in [1.54, 1.807) is 6.20 Å². The third kappa shape index (κ3) is 3.18. The van der Waals surface area contributed by atoms with Gasteiger partial charge in [0.15, 0.2) is 10.4 Å². The minimum Gasteiger partial charge on any atom is -0.329 e. The molecular weight excluding hydrogens is 338 g/mol. The van der Waals surface area contributed by atoms with Crippen LogP contribution in [0.1, 0.15) is 6.42 Å². The lowest BCUT2D eigenvalue weighted by atomic mass is 10.4. The molecule has 0 atom stereocenters. The van der Waals surface area contributed by atoms with Gasteiger partial charge in [-0.05, 0) is 40.6 Å². The van der Waals surface area contributed by atoms with Crippen molar-refractivity contribution < 1.29 is 8.42 Å². The Labute approximate surface area is 118 Å². The van der Waals surface area contributed by atoms with Gasteiger partial charge in [-0.2, -0.15) is 0 Å². The summed E-state index contributed by atoms with van der Waals surface area (Å²) in [5.41, 5.74) is 1.59. The van der Waals surface area contributed by atoms with Gasteiger partial charge >= 0.3 is 0 Å². The number of fused-ring (bicyclic) bond motifs is 1. The molecule has 1 N–H and O–H groups in total. The van der Waals surface area contributed by atoms with Crippen molar-refractivity contribution in [3.05, 3.63) is 21.5 Å². The number of aryl methyl sites for hydroxylation is 1. The Hall–Kier alpha value is -0.730. The molecule has 0 saturated carbocycles. The number of halogens is 1. The summed E-state index contributed by atoms with van der Waals surface area (Å²) in [6.45, 7) is 0.542. The minimum atomic E-state index is -2.94. The lowest BCUT2D eigenvalue weighted by Crippen LogP contribution is -2.07. The Bertz CT molecular complexity index is 733. The topological polar surface area (TPSA) is 67.8 Å². The number of aromatic amines is 1. The molecule has 18 heavy (non-hydrogen) atoms.